The first-order valence-corrected chi connectivity index (χ1v) is 10.4. The standard InChI is InChI=1S/C18H30N2O4S/c1-12(2)25(21,22)20-9-7-13(3)6-8-19-16-10-14(4)17-18(15(16)5)24-11-23-17/h10,12-13,19-20H,6-9,11H2,1-5H3. The van der Waals surface area contributed by atoms with E-state index in [2.05, 4.69) is 23.0 Å². The van der Waals surface area contributed by atoms with Crippen LogP contribution in [-0.4, -0.2) is 33.6 Å². The summed E-state index contributed by atoms with van der Waals surface area (Å²) >= 11 is 0. The molecular formula is C18H30N2O4S. The molecule has 2 rings (SSSR count). The maximum absolute atomic E-state index is 11.7. The van der Waals surface area contributed by atoms with Crippen molar-refractivity contribution in [3.05, 3.63) is 17.2 Å². The lowest BCUT2D eigenvalue weighted by atomic mass is 10.0. The van der Waals surface area contributed by atoms with Crippen molar-refractivity contribution in [3.63, 3.8) is 0 Å². The van der Waals surface area contributed by atoms with Gasteiger partial charge in [0, 0.05) is 24.3 Å². The van der Waals surface area contributed by atoms with Crippen molar-refractivity contribution < 1.29 is 17.9 Å². The van der Waals surface area contributed by atoms with Gasteiger partial charge in [0.25, 0.3) is 0 Å². The third-order valence-corrected chi connectivity index (χ3v) is 6.44. The van der Waals surface area contributed by atoms with Gasteiger partial charge in [-0.2, -0.15) is 0 Å². The van der Waals surface area contributed by atoms with Crippen LogP contribution >= 0.6 is 0 Å². The van der Waals surface area contributed by atoms with E-state index in [4.69, 9.17) is 9.47 Å². The fraction of sp³-hybridized carbons (Fsp3) is 0.667. The van der Waals surface area contributed by atoms with Gasteiger partial charge in [-0.25, -0.2) is 13.1 Å². The number of nitrogens with one attached hydrogen (secondary N) is 2. The van der Waals surface area contributed by atoms with Gasteiger partial charge in [0.2, 0.25) is 16.8 Å². The molecule has 0 saturated heterocycles. The van der Waals surface area contributed by atoms with Crippen LogP contribution in [0.1, 0.15) is 44.7 Å². The van der Waals surface area contributed by atoms with Gasteiger partial charge in [0.05, 0.1) is 5.25 Å². The molecule has 1 atom stereocenters. The second-order valence-corrected chi connectivity index (χ2v) is 9.35. The van der Waals surface area contributed by atoms with Gasteiger partial charge >= 0.3 is 0 Å². The highest BCUT2D eigenvalue weighted by molar-refractivity contribution is 7.90. The molecule has 0 amide bonds. The summed E-state index contributed by atoms with van der Waals surface area (Å²) in [7, 11) is -3.16. The predicted molar refractivity (Wildman–Crippen MR) is 101 cm³/mol. The molecule has 0 saturated carbocycles. The van der Waals surface area contributed by atoms with E-state index in [0.717, 1.165) is 47.7 Å². The Kier molecular flexibility index (Phi) is 6.57. The number of aryl methyl sites for hydroxylation is 1. The molecule has 2 N–H and O–H groups in total. The molecule has 0 radical (unpaired) electrons. The van der Waals surface area contributed by atoms with Crippen LogP contribution in [0.3, 0.4) is 0 Å². The summed E-state index contributed by atoms with van der Waals surface area (Å²) in [6, 6.07) is 2.09. The SMILES string of the molecule is Cc1cc(NCCC(C)CCNS(=O)(=O)C(C)C)c(C)c2c1OCO2. The zero-order valence-corrected chi connectivity index (χ0v) is 16.6. The van der Waals surface area contributed by atoms with Gasteiger partial charge in [-0.1, -0.05) is 6.92 Å². The largest absolute Gasteiger partial charge is 0.453 e. The minimum atomic E-state index is -3.16. The molecule has 25 heavy (non-hydrogen) atoms. The first-order chi connectivity index (χ1) is 11.7. The summed E-state index contributed by atoms with van der Waals surface area (Å²) in [5.41, 5.74) is 3.20. The number of rotatable bonds is 9. The Bertz CT molecular complexity index is 702. The van der Waals surface area contributed by atoms with E-state index in [-0.39, 0.29) is 12.0 Å². The normalized spacial score (nSPS) is 14.8. The van der Waals surface area contributed by atoms with Gasteiger partial charge in [-0.3, -0.25) is 0 Å². The molecule has 0 fully saturated rings. The molecule has 0 spiro atoms. The maximum atomic E-state index is 11.7. The highest BCUT2D eigenvalue weighted by Gasteiger charge is 2.21. The molecular weight excluding hydrogens is 340 g/mol. The Hall–Kier alpha value is -1.47. The smallest absolute Gasteiger partial charge is 0.231 e. The Labute approximate surface area is 151 Å². The lowest BCUT2D eigenvalue weighted by molar-refractivity contribution is 0.173. The topological polar surface area (TPSA) is 76.7 Å². The summed E-state index contributed by atoms with van der Waals surface area (Å²) < 4.78 is 37.2. The third-order valence-electron chi connectivity index (χ3n) is 4.59. The number of anilines is 1. The Morgan fingerprint density at radius 2 is 1.72 bits per heavy atom. The monoisotopic (exact) mass is 370 g/mol. The van der Waals surface area contributed by atoms with Crippen molar-refractivity contribution in [1.82, 2.24) is 4.72 Å². The highest BCUT2D eigenvalue weighted by atomic mass is 32.2. The maximum Gasteiger partial charge on any atom is 0.231 e. The van der Waals surface area contributed by atoms with Crippen LogP contribution in [0.2, 0.25) is 0 Å². The fourth-order valence-electron chi connectivity index (χ4n) is 2.76. The number of fused-ring (bicyclic) bond motifs is 1. The number of benzene rings is 1. The third kappa shape index (κ3) is 5.01. The minimum Gasteiger partial charge on any atom is -0.453 e. The van der Waals surface area contributed by atoms with Gasteiger partial charge in [0.1, 0.15) is 0 Å². The molecule has 1 aromatic rings. The van der Waals surface area contributed by atoms with E-state index in [1.807, 2.05) is 13.8 Å². The molecule has 7 heteroatoms. The first kappa shape index (κ1) is 19.8. The molecule has 1 aliphatic heterocycles. The summed E-state index contributed by atoms with van der Waals surface area (Å²) in [5.74, 6) is 2.10. The summed E-state index contributed by atoms with van der Waals surface area (Å²) in [6.45, 7) is 11.2. The number of hydrogen-bond donors (Lipinski definition) is 2. The van der Waals surface area contributed by atoms with Gasteiger partial charge in [-0.05, 0) is 58.1 Å². The molecule has 1 heterocycles. The molecule has 0 bridgehead atoms. The summed E-state index contributed by atoms with van der Waals surface area (Å²) in [6.07, 6.45) is 1.79. The second kappa shape index (κ2) is 8.27. The van der Waals surface area contributed by atoms with E-state index < -0.39 is 10.0 Å². The average molecular weight is 371 g/mol. The summed E-state index contributed by atoms with van der Waals surface area (Å²) in [5, 5.41) is 3.08. The van der Waals surface area contributed by atoms with Crippen molar-refractivity contribution in [1.29, 1.82) is 0 Å². The molecule has 1 aliphatic rings. The van der Waals surface area contributed by atoms with Crippen molar-refractivity contribution in [2.75, 3.05) is 25.2 Å². The zero-order chi connectivity index (χ0) is 18.6. The van der Waals surface area contributed by atoms with Crippen LogP contribution in [0.15, 0.2) is 6.07 Å². The average Bonchev–Trinajstić information content (AvgIpc) is 3.02. The van der Waals surface area contributed by atoms with Crippen molar-refractivity contribution in [3.8, 4) is 11.5 Å². The van der Waals surface area contributed by atoms with Gasteiger partial charge < -0.3 is 14.8 Å². The minimum absolute atomic E-state index is 0.282. The van der Waals surface area contributed by atoms with Crippen molar-refractivity contribution in [2.24, 2.45) is 5.92 Å². The lowest BCUT2D eigenvalue weighted by Crippen LogP contribution is -2.32. The quantitative estimate of drug-likeness (QED) is 0.698. The number of sulfonamides is 1. The summed E-state index contributed by atoms with van der Waals surface area (Å²) in [4.78, 5) is 0. The van der Waals surface area contributed by atoms with Crippen molar-refractivity contribution >= 4 is 15.7 Å². The van der Waals surface area contributed by atoms with E-state index in [1.165, 1.54) is 0 Å². The molecule has 1 aromatic carbocycles. The van der Waals surface area contributed by atoms with Crippen LogP contribution in [0.4, 0.5) is 5.69 Å². The van der Waals surface area contributed by atoms with Crippen LogP contribution in [0, 0.1) is 19.8 Å². The molecule has 0 aromatic heterocycles. The van der Waals surface area contributed by atoms with Gasteiger partial charge in [-0.15, -0.1) is 0 Å². The molecule has 6 nitrogen and oxygen atoms in total. The fourth-order valence-corrected chi connectivity index (χ4v) is 3.49. The van der Waals surface area contributed by atoms with Crippen molar-refractivity contribution in [2.45, 2.75) is 52.7 Å². The number of hydrogen-bond acceptors (Lipinski definition) is 5. The molecule has 0 aliphatic carbocycles. The Balaban J connectivity index is 1.78. The van der Waals surface area contributed by atoms with E-state index in [1.54, 1.807) is 13.8 Å². The highest BCUT2D eigenvalue weighted by Crippen LogP contribution is 2.42. The van der Waals surface area contributed by atoms with Crippen LogP contribution < -0.4 is 19.5 Å². The Morgan fingerprint density at radius 3 is 2.40 bits per heavy atom. The van der Waals surface area contributed by atoms with Crippen LogP contribution in [-0.2, 0) is 10.0 Å². The lowest BCUT2D eigenvalue weighted by Gasteiger charge is -2.16. The first-order valence-electron chi connectivity index (χ1n) is 8.84. The van der Waals surface area contributed by atoms with Crippen LogP contribution in [0.5, 0.6) is 11.5 Å². The van der Waals surface area contributed by atoms with Crippen LogP contribution in [0.25, 0.3) is 0 Å². The molecule has 142 valence electrons. The number of ether oxygens (including phenoxy) is 2. The van der Waals surface area contributed by atoms with Gasteiger partial charge in [0.15, 0.2) is 11.5 Å². The van der Waals surface area contributed by atoms with E-state index in [0.29, 0.717) is 12.5 Å². The predicted octanol–water partition coefficient (Wildman–Crippen LogP) is 3.19. The zero-order valence-electron chi connectivity index (χ0n) is 15.8. The van der Waals surface area contributed by atoms with E-state index >= 15 is 0 Å². The Morgan fingerprint density at radius 1 is 1.08 bits per heavy atom. The molecule has 1 unspecified atom stereocenters. The second-order valence-electron chi connectivity index (χ2n) is 7.03. The van der Waals surface area contributed by atoms with E-state index in [9.17, 15) is 8.42 Å².